The van der Waals surface area contributed by atoms with Crippen LogP contribution in [-0.2, 0) is 41.7 Å². The van der Waals surface area contributed by atoms with Gasteiger partial charge in [0.2, 0.25) is 0 Å². The second kappa shape index (κ2) is 74.7. The maximum absolute atomic E-state index is 12.9. The fraction of sp³-hybridized carbons (Fsp3) is 0.774. The van der Waals surface area contributed by atoms with Crippen LogP contribution in [-0.4, -0.2) is 104 Å². The third kappa shape index (κ3) is 68.3. The Kier molecular flexibility index (Phi) is 73.7. The van der Waals surface area contributed by atoms with Crippen molar-refractivity contribution in [2.45, 2.75) is 382 Å². The molecule has 0 aromatic heterocycles. The van der Waals surface area contributed by atoms with Crippen molar-refractivity contribution >= 4 is 41.6 Å². The number of aliphatic carboxylic acids is 6. The predicted octanol–water partition coefficient (Wildman–Crippen LogP) is 23.6. The number of ketones is 1. The summed E-state index contributed by atoms with van der Waals surface area (Å²) in [7, 11) is 3.26. The van der Waals surface area contributed by atoms with E-state index in [1.807, 2.05) is 12.1 Å². The zero-order valence-electron chi connectivity index (χ0n) is 64.9. The molecular formula is C84H149NO15. The fourth-order valence-electron chi connectivity index (χ4n) is 12.1. The molecule has 1 atom stereocenters. The lowest BCUT2D eigenvalue weighted by atomic mass is 9.85. The van der Waals surface area contributed by atoms with Crippen molar-refractivity contribution in [3.8, 4) is 11.5 Å². The second-order valence-corrected chi connectivity index (χ2v) is 27.7. The molecule has 1 aliphatic carbocycles. The minimum Gasteiger partial charge on any atom is -0.493 e. The van der Waals surface area contributed by atoms with Gasteiger partial charge in [0.15, 0.2) is 17.3 Å². The van der Waals surface area contributed by atoms with Crippen LogP contribution in [0.2, 0.25) is 0 Å². The summed E-state index contributed by atoms with van der Waals surface area (Å²) in [6.45, 7) is 16.5. The Bertz CT molecular complexity index is 2010. The maximum atomic E-state index is 12.9. The van der Waals surface area contributed by atoms with E-state index in [4.69, 9.17) is 40.1 Å². The number of unbranched alkanes of at least 4 members (excludes halogenated alkanes) is 36. The molecule has 0 radical (unpaired) electrons. The summed E-state index contributed by atoms with van der Waals surface area (Å²) in [5.74, 6) is -1.60. The van der Waals surface area contributed by atoms with Crippen molar-refractivity contribution in [3.63, 3.8) is 0 Å². The van der Waals surface area contributed by atoms with Gasteiger partial charge >= 0.3 is 35.8 Å². The van der Waals surface area contributed by atoms with Gasteiger partial charge in [0.1, 0.15) is 0 Å². The first-order chi connectivity index (χ1) is 48.3. The molecule has 1 saturated heterocycles. The van der Waals surface area contributed by atoms with Gasteiger partial charge in [-0.3, -0.25) is 38.5 Å². The highest BCUT2D eigenvalue weighted by Gasteiger charge is 2.34. The summed E-state index contributed by atoms with van der Waals surface area (Å²) >= 11 is 0. The Hall–Kier alpha value is -5.51. The number of ether oxygens (including phenoxy) is 2. The van der Waals surface area contributed by atoms with E-state index >= 15 is 0 Å². The van der Waals surface area contributed by atoms with E-state index in [-0.39, 0.29) is 11.7 Å². The van der Waals surface area contributed by atoms with Crippen LogP contribution in [0.4, 0.5) is 0 Å². The zero-order chi connectivity index (χ0) is 74.9. The molecule has 1 unspecified atom stereocenters. The molecule has 1 aliphatic heterocycles. The largest absolute Gasteiger partial charge is 0.493 e. The molecule has 16 heteroatoms. The summed E-state index contributed by atoms with van der Waals surface area (Å²) in [4.78, 5) is 76.3. The number of Topliss-reactive ketones (excluding diaryl/α,β-unsaturated/α-hetero) is 1. The topological polar surface area (TPSA) is 263 Å². The lowest BCUT2D eigenvalue weighted by Crippen LogP contribution is -2.34. The SMILES string of the molecule is CCCCCCCCCC(=O)O.CCCCCCCCCC(=O)O.CCCCCCCCCC(=O)O.CCCCCCCCCC(=O)O.CCCCCCCCCC(=O)O.CCCCCCCCCC(=O)O.COc1cc2c(cc1OC)C(=O)C(CC1CCN(Cc3ccccc3)CC1)C2. The highest BCUT2D eigenvalue weighted by Crippen LogP contribution is 2.40. The van der Waals surface area contributed by atoms with Gasteiger partial charge in [0, 0.05) is 56.6 Å². The normalized spacial score (nSPS) is 12.9. The van der Waals surface area contributed by atoms with Gasteiger partial charge in [-0.15, -0.1) is 0 Å². The number of fused-ring (bicyclic) bond motifs is 1. The third-order valence-electron chi connectivity index (χ3n) is 18.3. The molecule has 0 bridgehead atoms. The number of hydrogen-bond donors (Lipinski definition) is 6. The number of nitrogens with zero attached hydrogens (tertiary/aromatic N) is 1. The number of carbonyl (C=O) groups is 7. The molecule has 2 aromatic rings. The highest BCUT2D eigenvalue weighted by molar-refractivity contribution is 6.03. The van der Waals surface area contributed by atoms with Crippen LogP contribution in [0, 0.1) is 11.8 Å². The molecule has 0 amide bonds. The van der Waals surface area contributed by atoms with Crippen molar-refractivity contribution in [3.05, 3.63) is 59.2 Å². The number of hydrogen-bond acceptors (Lipinski definition) is 10. The zero-order valence-corrected chi connectivity index (χ0v) is 64.9. The van der Waals surface area contributed by atoms with Crippen LogP contribution in [0.5, 0.6) is 11.5 Å². The molecule has 0 spiro atoms. The number of carboxylic acid groups (broad SMARTS) is 6. The van der Waals surface area contributed by atoms with Crippen LogP contribution >= 0.6 is 0 Å². The smallest absolute Gasteiger partial charge is 0.303 e. The number of likely N-dealkylation sites (tertiary alicyclic amines) is 1. The number of methoxy groups -OCH3 is 2. The van der Waals surface area contributed by atoms with Crippen molar-refractivity contribution in [1.29, 1.82) is 0 Å². The summed E-state index contributed by atoms with van der Waals surface area (Å²) in [5.41, 5.74) is 3.31. The number of carbonyl (C=O) groups excluding carboxylic acids is 1. The van der Waals surface area contributed by atoms with Crippen LogP contribution in [0.1, 0.15) is 390 Å². The second-order valence-electron chi connectivity index (χ2n) is 27.7. The monoisotopic (exact) mass is 1410 g/mol. The standard InChI is InChI=1S/C24H29NO3.6C10H20O2/c1-27-22-14-19-13-20(24(26)21(19)15-23(22)28-2)12-17-8-10-25(11-9-17)16-18-6-4-3-5-7-18;6*1-2-3-4-5-6-7-8-9-10(11)12/h3-7,14-15,17,20H,8-13,16H2,1-2H3;6*2-9H2,1H3,(H,11,12). The van der Waals surface area contributed by atoms with Crippen molar-refractivity contribution < 1.29 is 73.7 Å². The Morgan fingerprint density at radius 2 is 0.620 bits per heavy atom. The van der Waals surface area contributed by atoms with Gasteiger partial charge in [-0.2, -0.15) is 0 Å². The molecule has 100 heavy (non-hydrogen) atoms. The molecule has 0 saturated carbocycles. The Morgan fingerprint density at radius 1 is 0.370 bits per heavy atom. The van der Waals surface area contributed by atoms with Gasteiger partial charge in [0.05, 0.1) is 14.2 Å². The van der Waals surface area contributed by atoms with Gasteiger partial charge in [-0.1, -0.05) is 303 Å². The summed E-state index contributed by atoms with van der Waals surface area (Å²) in [6.07, 6.45) is 56.0. The van der Waals surface area contributed by atoms with E-state index in [1.54, 1.807) is 14.2 Å². The fourth-order valence-corrected chi connectivity index (χ4v) is 12.1. The Balaban J connectivity index is -0.00000115. The van der Waals surface area contributed by atoms with Crippen LogP contribution in [0.15, 0.2) is 42.5 Å². The maximum Gasteiger partial charge on any atom is 0.303 e. The van der Waals surface area contributed by atoms with Gasteiger partial charge in [-0.25, -0.2) is 0 Å². The molecule has 580 valence electrons. The van der Waals surface area contributed by atoms with E-state index in [1.165, 1.54) is 211 Å². The van der Waals surface area contributed by atoms with Crippen LogP contribution in [0.3, 0.4) is 0 Å². The quantitative estimate of drug-likeness (QED) is 0.0336. The predicted molar refractivity (Wildman–Crippen MR) is 412 cm³/mol. The molecule has 2 aliphatic rings. The molecule has 1 heterocycles. The molecule has 16 nitrogen and oxygen atoms in total. The molecular weight excluding hydrogens is 1260 g/mol. The van der Waals surface area contributed by atoms with Gasteiger partial charge < -0.3 is 40.1 Å². The van der Waals surface area contributed by atoms with E-state index < -0.39 is 35.8 Å². The average Bonchev–Trinajstić information content (AvgIpc) is 1.64. The van der Waals surface area contributed by atoms with E-state index in [9.17, 15) is 33.6 Å². The summed E-state index contributed by atoms with van der Waals surface area (Å²) in [5, 5.41) is 50.1. The van der Waals surface area contributed by atoms with Gasteiger partial charge in [0.25, 0.3) is 0 Å². The minimum atomic E-state index is -0.663. The summed E-state index contributed by atoms with van der Waals surface area (Å²) in [6, 6.07) is 14.5. The lowest BCUT2D eigenvalue weighted by molar-refractivity contribution is -0.138. The van der Waals surface area contributed by atoms with Crippen LogP contribution < -0.4 is 9.47 Å². The third-order valence-corrected chi connectivity index (χ3v) is 18.3. The first-order valence-corrected chi connectivity index (χ1v) is 40.2. The number of piperidine rings is 1. The Labute approximate surface area is 609 Å². The van der Waals surface area contributed by atoms with E-state index in [0.717, 1.165) is 121 Å². The molecule has 2 aromatic carbocycles. The number of benzene rings is 2. The Morgan fingerprint density at radius 3 is 0.870 bits per heavy atom. The number of carboxylic acids is 6. The van der Waals surface area contributed by atoms with Crippen molar-refractivity contribution in [1.82, 2.24) is 4.90 Å². The lowest BCUT2D eigenvalue weighted by Gasteiger charge is -2.32. The molecule has 1 fully saturated rings. The minimum absolute atomic E-state index is 0.109. The molecule has 6 N–H and O–H groups in total. The van der Waals surface area contributed by atoms with Crippen molar-refractivity contribution in [2.24, 2.45) is 11.8 Å². The summed E-state index contributed by atoms with van der Waals surface area (Å²) < 4.78 is 10.8. The highest BCUT2D eigenvalue weighted by atomic mass is 16.5. The number of rotatable bonds is 54. The molecule has 4 rings (SSSR count). The van der Waals surface area contributed by atoms with E-state index in [2.05, 4.69) is 76.8 Å². The first kappa shape index (κ1) is 98.7. The van der Waals surface area contributed by atoms with Crippen LogP contribution in [0.25, 0.3) is 0 Å². The average molecular weight is 1410 g/mol. The first-order valence-electron chi connectivity index (χ1n) is 40.2. The van der Waals surface area contributed by atoms with Gasteiger partial charge in [-0.05, 0) is 106 Å². The van der Waals surface area contributed by atoms with Crippen molar-refractivity contribution in [2.75, 3.05) is 27.3 Å². The van der Waals surface area contributed by atoms with E-state index in [0.29, 0.717) is 55.9 Å².